The quantitative estimate of drug-likeness (QED) is 0.693. The van der Waals surface area contributed by atoms with Crippen molar-refractivity contribution in [2.24, 2.45) is 0 Å². The van der Waals surface area contributed by atoms with Gasteiger partial charge in [0.2, 0.25) is 10.9 Å². The Balaban J connectivity index is 3.03. The number of hydrogen-bond acceptors (Lipinski definition) is 5. The van der Waals surface area contributed by atoms with Crippen molar-refractivity contribution in [1.29, 1.82) is 0 Å². The van der Waals surface area contributed by atoms with E-state index in [-0.39, 0.29) is 6.61 Å². The van der Waals surface area contributed by atoms with Crippen molar-refractivity contribution >= 4 is 16.0 Å². The summed E-state index contributed by atoms with van der Waals surface area (Å²) >= 11 is 0. The highest BCUT2D eigenvalue weighted by Gasteiger charge is 2.30. The van der Waals surface area contributed by atoms with Crippen LogP contribution in [-0.2, 0) is 10.0 Å². The van der Waals surface area contributed by atoms with Gasteiger partial charge in [-0.15, -0.1) is 0 Å². The summed E-state index contributed by atoms with van der Waals surface area (Å²) in [6, 6.07) is 2.11. The van der Waals surface area contributed by atoms with Crippen molar-refractivity contribution < 1.29 is 27.8 Å². The molecule has 0 spiro atoms. The lowest BCUT2D eigenvalue weighted by molar-refractivity contribution is 0.0656. The molecule has 0 aromatic carbocycles. The third kappa shape index (κ3) is 3.09. The normalized spacial score (nSPS) is 15.3. The number of rotatable bonds is 6. The summed E-state index contributed by atoms with van der Waals surface area (Å²) < 4.78 is 30.8. The molecular weight excluding hydrogens is 262 g/mol. The monoisotopic (exact) mass is 277 g/mol. The molecule has 102 valence electrons. The van der Waals surface area contributed by atoms with E-state index in [9.17, 15) is 13.2 Å². The maximum atomic E-state index is 11.9. The zero-order valence-electron chi connectivity index (χ0n) is 10.0. The fourth-order valence-electron chi connectivity index (χ4n) is 1.17. The van der Waals surface area contributed by atoms with E-state index in [2.05, 4.69) is 4.72 Å². The van der Waals surface area contributed by atoms with Gasteiger partial charge in [-0.3, -0.25) is 0 Å². The molecule has 1 heterocycles. The highest BCUT2D eigenvalue weighted by molar-refractivity contribution is 7.89. The largest absolute Gasteiger partial charge is 0.475 e. The lowest BCUT2D eigenvalue weighted by Gasteiger charge is -2.25. The highest BCUT2D eigenvalue weighted by Crippen LogP contribution is 2.18. The predicted octanol–water partition coefficient (Wildman–Crippen LogP) is 0.417. The molecule has 0 saturated carbocycles. The van der Waals surface area contributed by atoms with Crippen molar-refractivity contribution in [2.75, 3.05) is 6.61 Å². The average molecular weight is 277 g/mol. The number of aliphatic hydroxyl groups is 1. The fraction of sp³-hybridized carbons (Fsp3) is 0.500. The van der Waals surface area contributed by atoms with E-state index in [1.54, 1.807) is 6.92 Å². The molecule has 1 unspecified atom stereocenters. The van der Waals surface area contributed by atoms with Gasteiger partial charge < -0.3 is 14.6 Å². The molecule has 1 aromatic rings. The Bertz CT molecular complexity index is 528. The van der Waals surface area contributed by atoms with Crippen molar-refractivity contribution in [3.8, 4) is 0 Å². The van der Waals surface area contributed by atoms with Crippen LogP contribution in [0.4, 0.5) is 0 Å². The molecular formula is C10H15NO6S. The number of furan rings is 1. The number of sulfonamides is 1. The second-order valence-corrected chi connectivity index (χ2v) is 5.72. The Morgan fingerprint density at radius 3 is 2.50 bits per heavy atom. The molecule has 0 saturated heterocycles. The first-order chi connectivity index (χ1) is 8.24. The van der Waals surface area contributed by atoms with Crippen molar-refractivity contribution in [3.05, 3.63) is 17.9 Å². The van der Waals surface area contributed by atoms with Gasteiger partial charge in [0.05, 0.1) is 12.1 Å². The van der Waals surface area contributed by atoms with E-state index < -0.39 is 32.4 Å². The van der Waals surface area contributed by atoms with Crippen LogP contribution >= 0.6 is 0 Å². The number of aromatic carboxylic acids is 1. The van der Waals surface area contributed by atoms with E-state index in [1.165, 1.54) is 6.92 Å². The average Bonchev–Trinajstić information content (AvgIpc) is 2.78. The van der Waals surface area contributed by atoms with Gasteiger partial charge in [-0.05, 0) is 25.5 Å². The third-order valence-electron chi connectivity index (χ3n) is 2.57. The molecule has 1 rings (SSSR count). The minimum Gasteiger partial charge on any atom is -0.475 e. The van der Waals surface area contributed by atoms with Crippen LogP contribution in [0.25, 0.3) is 0 Å². The molecule has 1 atom stereocenters. The van der Waals surface area contributed by atoms with Gasteiger partial charge in [0.15, 0.2) is 0 Å². The summed E-state index contributed by atoms with van der Waals surface area (Å²) in [6.45, 7) is 2.87. The first kappa shape index (κ1) is 14.7. The Labute approximate surface area is 104 Å². The molecule has 18 heavy (non-hydrogen) atoms. The van der Waals surface area contributed by atoms with Gasteiger partial charge in [-0.2, -0.15) is 0 Å². The van der Waals surface area contributed by atoms with Crippen LogP contribution < -0.4 is 4.72 Å². The summed E-state index contributed by atoms with van der Waals surface area (Å²) in [5, 5.41) is 17.3. The molecule has 0 aliphatic heterocycles. The minimum absolute atomic E-state index is 0.370. The van der Waals surface area contributed by atoms with E-state index >= 15 is 0 Å². The van der Waals surface area contributed by atoms with Crippen LogP contribution in [0.2, 0.25) is 0 Å². The van der Waals surface area contributed by atoms with E-state index in [0.717, 1.165) is 12.1 Å². The Morgan fingerprint density at radius 2 is 2.11 bits per heavy atom. The van der Waals surface area contributed by atoms with Crippen LogP contribution in [0.15, 0.2) is 21.6 Å². The molecule has 8 heteroatoms. The number of hydrogen-bond donors (Lipinski definition) is 3. The third-order valence-corrected chi connectivity index (χ3v) is 4.08. The topological polar surface area (TPSA) is 117 Å². The molecule has 1 aromatic heterocycles. The van der Waals surface area contributed by atoms with E-state index in [1.807, 2.05) is 0 Å². The van der Waals surface area contributed by atoms with E-state index in [4.69, 9.17) is 14.6 Å². The first-order valence-electron chi connectivity index (χ1n) is 5.22. The number of nitrogens with one attached hydrogen (secondary N) is 1. The molecule has 0 aliphatic rings. The summed E-state index contributed by atoms with van der Waals surface area (Å²) in [4.78, 5) is 10.6. The van der Waals surface area contributed by atoms with Gasteiger partial charge in [0.1, 0.15) is 0 Å². The van der Waals surface area contributed by atoms with Crippen LogP contribution in [0.3, 0.4) is 0 Å². The smallest absolute Gasteiger partial charge is 0.371 e. The lowest BCUT2D eigenvalue weighted by atomic mass is 10.0. The van der Waals surface area contributed by atoms with Gasteiger partial charge in [-0.1, -0.05) is 6.92 Å². The molecule has 7 nitrogen and oxygen atoms in total. The number of carbonyl (C=O) groups is 1. The summed E-state index contributed by atoms with van der Waals surface area (Å²) in [7, 11) is -3.99. The van der Waals surface area contributed by atoms with Gasteiger partial charge in [0.25, 0.3) is 10.0 Å². The molecule has 3 N–H and O–H groups in total. The van der Waals surface area contributed by atoms with Crippen molar-refractivity contribution in [2.45, 2.75) is 30.9 Å². The van der Waals surface area contributed by atoms with Gasteiger partial charge in [0, 0.05) is 0 Å². The molecule has 0 aliphatic carbocycles. The molecule has 0 fully saturated rings. The number of aliphatic hydroxyl groups excluding tert-OH is 1. The van der Waals surface area contributed by atoms with Gasteiger partial charge >= 0.3 is 5.97 Å². The standard InChI is InChI=1S/C10H15NO6S/c1-3-10(2,6-12)11-18(15,16)8-5-4-7(17-8)9(13)14/h4-5,11-12H,3,6H2,1-2H3,(H,13,14). The second-order valence-electron chi connectivity index (χ2n) is 4.10. The molecule has 0 amide bonds. The van der Waals surface area contributed by atoms with Gasteiger partial charge in [-0.25, -0.2) is 17.9 Å². The first-order valence-corrected chi connectivity index (χ1v) is 6.70. The highest BCUT2D eigenvalue weighted by atomic mass is 32.2. The van der Waals surface area contributed by atoms with E-state index in [0.29, 0.717) is 6.42 Å². The molecule has 0 radical (unpaired) electrons. The van der Waals surface area contributed by atoms with Crippen molar-refractivity contribution in [3.63, 3.8) is 0 Å². The summed E-state index contributed by atoms with van der Waals surface area (Å²) in [6.07, 6.45) is 0.370. The fourth-order valence-corrected chi connectivity index (χ4v) is 2.58. The number of carboxylic acids is 1. The van der Waals surface area contributed by atoms with Crippen LogP contribution in [-0.4, -0.2) is 36.7 Å². The summed E-state index contributed by atoms with van der Waals surface area (Å²) in [5.74, 6) is -1.81. The van der Waals surface area contributed by atoms with Crippen LogP contribution in [0.5, 0.6) is 0 Å². The zero-order chi connectivity index (χ0) is 14.0. The van der Waals surface area contributed by atoms with Crippen LogP contribution in [0.1, 0.15) is 30.8 Å². The lowest BCUT2D eigenvalue weighted by Crippen LogP contribution is -2.48. The maximum Gasteiger partial charge on any atom is 0.371 e. The second kappa shape index (κ2) is 5.09. The van der Waals surface area contributed by atoms with Crippen molar-refractivity contribution in [1.82, 2.24) is 4.72 Å². The Kier molecular flexibility index (Phi) is 4.15. The number of carboxylic acid groups (broad SMARTS) is 1. The maximum absolute atomic E-state index is 11.9. The SMILES string of the molecule is CCC(C)(CO)NS(=O)(=O)c1ccc(C(=O)O)o1. The molecule has 0 bridgehead atoms. The minimum atomic E-state index is -3.99. The summed E-state index contributed by atoms with van der Waals surface area (Å²) in [5.41, 5.74) is -1.02. The Hall–Kier alpha value is -1.38. The van der Waals surface area contributed by atoms with Crippen LogP contribution in [0, 0.1) is 0 Å². The zero-order valence-corrected chi connectivity index (χ0v) is 10.8. The predicted molar refractivity (Wildman–Crippen MR) is 61.8 cm³/mol. The Morgan fingerprint density at radius 1 is 1.50 bits per heavy atom.